The van der Waals surface area contributed by atoms with Crippen LogP contribution < -0.4 is 5.32 Å². The molecule has 4 heteroatoms. The first-order chi connectivity index (χ1) is 9.43. The lowest BCUT2D eigenvalue weighted by molar-refractivity contribution is 0.292. The third-order valence-corrected chi connectivity index (χ3v) is 3.91. The van der Waals surface area contributed by atoms with Crippen molar-refractivity contribution in [2.24, 2.45) is 5.92 Å². The number of benzene rings is 1. The third-order valence-electron chi connectivity index (χ3n) is 3.91. The van der Waals surface area contributed by atoms with Crippen molar-refractivity contribution < 1.29 is 0 Å². The molecule has 1 saturated carbocycles. The van der Waals surface area contributed by atoms with E-state index in [2.05, 4.69) is 32.9 Å². The van der Waals surface area contributed by atoms with Crippen molar-refractivity contribution in [1.29, 1.82) is 0 Å². The van der Waals surface area contributed by atoms with Gasteiger partial charge in [-0.05, 0) is 18.9 Å². The van der Waals surface area contributed by atoms with Gasteiger partial charge in [-0.25, -0.2) is 0 Å². The smallest absolute Gasteiger partial charge is 0.117 e. The number of nitrogens with one attached hydrogen (secondary N) is 2. The maximum Gasteiger partial charge on any atom is 0.117 e. The van der Waals surface area contributed by atoms with E-state index >= 15 is 0 Å². The first-order valence-corrected chi connectivity index (χ1v) is 7.09. The van der Waals surface area contributed by atoms with E-state index in [9.17, 15) is 0 Å². The van der Waals surface area contributed by atoms with Crippen LogP contribution in [0.25, 0.3) is 11.3 Å². The summed E-state index contributed by atoms with van der Waals surface area (Å²) in [4.78, 5) is 0. The van der Waals surface area contributed by atoms with Crippen molar-refractivity contribution in [2.45, 2.75) is 32.2 Å². The Hall–Kier alpha value is -1.68. The molecule has 2 N–H and O–H groups in total. The molecule has 1 heterocycles. The van der Waals surface area contributed by atoms with E-state index in [1.807, 2.05) is 18.2 Å². The van der Waals surface area contributed by atoms with Crippen LogP contribution in [0.15, 0.2) is 30.3 Å². The predicted molar refractivity (Wildman–Crippen MR) is 75.5 cm³/mol. The van der Waals surface area contributed by atoms with Gasteiger partial charge in [0.15, 0.2) is 0 Å². The monoisotopic (exact) mass is 256 g/mol. The summed E-state index contributed by atoms with van der Waals surface area (Å²) in [6.45, 7) is 1.86. The molecule has 1 aliphatic rings. The number of hydrogen-bond acceptors (Lipinski definition) is 3. The lowest BCUT2D eigenvalue weighted by Gasteiger charge is -2.25. The highest BCUT2D eigenvalue weighted by Crippen LogP contribution is 2.28. The first kappa shape index (κ1) is 12.4. The van der Waals surface area contributed by atoms with Gasteiger partial charge < -0.3 is 5.32 Å². The molecule has 100 valence electrons. The molecular formula is C15H20N4. The van der Waals surface area contributed by atoms with Gasteiger partial charge in [-0.3, -0.25) is 0 Å². The molecule has 0 radical (unpaired) electrons. The van der Waals surface area contributed by atoms with Gasteiger partial charge in [0.05, 0.1) is 0 Å². The number of hydrogen-bond donors (Lipinski definition) is 2. The molecule has 2 aromatic rings. The fourth-order valence-electron chi connectivity index (χ4n) is 2.50. The minimum Gasteiger partial charge on any atom is -0.311 e. The molecular weight excluding hydrogens is 236 g/mol. The van der Waals surface area contributed by atoms with Crippen LogP contribution in [0.1, 0.15) is 31.4 Å². The normalized spacial score (nSPS) is 15.4. The minimum atomic E-state index is 0.785. The van der Waals surface area contributed by atoms with Crippen LogP contribution >= 0.6 is 0 Å². The Morgan fingerprint density at radius 1 is 1.16 bits per heavy atom. The zero-order valence-corrected chi connectivity index (χ0v) is 11.1. The van der Waals surface area contributed by atoms with Crippen molar-refractivity contribution in [1.82, 2.24) is 20.7 Å². The van der Waals surface area contributed by atoms with Crippen LogP contribution in [0.4, 0.5) is 0 Å². The van der Waals surface area contributed by atoms with E-state index < -0.39 is 0 Å². The van der Waals surface area contributed by atoms with E-state index in [4.69, 9.17) is 0 Å². The molecule has 0 bridgehead atoms. The zero-order chi connectivity index (χ0) is 12.9. The Bertz CT molecular complexity index is 502. The quantitative estimate of drug-likeness (QED) is 0.781. The number of aromatic nitrogens is 3. The molecule has 4 nitrogen and oxygen atoms in total. The summed E-state index contributed by atoms with van der Waals surface area (Å²) in [5, 5.41) is 14.7. The molecule has 1 aromatic carbocycles. The first-order valence-electron chi connectivity index (χ1n) is 7.09. The summed E-state index contributed by atoms with van der Waals surface area (Å²) in [6, 6.07) is 10.2. The molecule has 0 unspecified atom stereocenters. The Balaban J connectivity index is 1.55. The highest BCUT2D eigenvalue weighted by Gasteiger charge is 2.16. The van der Waals surface area contributed by atoms with E-state index in [-0.39, 0.29) is 0 Å². The van der Waals surface area contributed by atoms with Crippen LogP contribution in [-0.4, -0.2) is 22.0 Å². The fraction of sp³-hybridized carbons (Fsp3) is 0.467. The van der Waals surface area contributed by atoms with Crippen molar-refractivity contribution in [3.63, 3.8) is 0 Å². The van der Waals surface area contributed by atoms with Crippen LogP contribution in [0.5, 0.6) is 0 Å². The molecule has 0 atom stereocenters. The van der Waals surface area contributed by atoms with Gasteiger partial charge >= 0.3 is 0 Å². The highest BCUT2D eigenvalue weighted by molar-refractivity contribution is 5.60. The Labute approximate surface area is 113 Å². The largest absolute Gasteiger partial charge is 0.311 e. The van der Waals surface area contributed by atoms with Gasteiger partial charge in [0.25, 0.3) is 0 Å². The van der Waals surface area contributed by atoms with Crippen LogP contribution in [0.2, 0.25) is 0 Å². The number of rotatable bonds is 6. The van der Waals surface area contributed by atoms with Gasteiger partial charge in [0, 0.05) is 12.1 Å². The molecule has 0 spiro atoms. The second kappa shape index (κ2) is 5.97. The summed E-state index contributed by atoms with van der Waals surface area (Å²) in [7, 11) is 0. The van der Waals surface area contributed by atoms with E-state index in [1.165, 1.54) is 25.7 Å². The molecule has 0 aliphatic heterocycles. The number of H-pyrrole nitrogens is 1. The maximum absolute atomic E-state index is 4.25. The molecule has 1 aliphatic carbocycles. The van der Waals surface area contributed by atoms with Crippen LogP contribution in [0, 0.1) is 5.92 Å². The molecule has 1 aromatic heterocycles. The molecule has 1 fully saturated rings. The van der Waals surface area contributed by atoms with Gasteiger partial charge in [-0.2, -0.15) is 15.4 Å². The Morgan fingerprint density at radius 2 is 2.00 bits per heavy atom. The van der Waals surface area contributed by atoms with Crippen molar-refractivity contribution >= 4 is 0 Å². The summed E-state index contributed by atoms with van der Waals surface area (Å²) in [6.07, 6.45) is 5.55. The lowest BCUT2D eigenvalue weighted by Crippen LogP contribution is -2.21. The summed E-state index contributed by atoms with van der Waals surface area (Å²) >= 11 is 0. The average Bonchev–Trinajstić information content (AvgIpc) is 2.86. The van der Waals surface area contributed by atoms with Crippen LogP contribution in [0.3, 0.4) is 0 Å². The lowest BCUT2D eigenvalue weighted by atomic mass is 9.83. The molecule has 19 heavy (non-hydrogen) atoms. The van der Waals surface area contributed by atoms with Gasteiger partial charge in [-0.1, -0.05) is 49.6 Å². The minimum absolute atomic E-state index is 0.785. The second-order valence-corrected chi connectivity index (χ2v) is 5.25. The summed E-state index contributed by atoms with van der Waals surface area (Å²) in [5.74, 6) is 0.957. The third kappa shape index (κ3) is 3.01. The van der Waals surface area contributed by atoms with Crippen molar-refractivity contribution in [2.75, 3.05) is 6.54 Å². The molecule has 0 amide bonds. The van der Waals surface area contributed by atoms with Crippen molar-refractivity contribution in [3.8, 4) is 11.3 Å². The highest BCUT2D eigenvalue weighted by atomic mass is 15.3. The van der Waals surface area contributed by atoms with Gasteiger partial charge in [0.2, 0.25) is 0 Å². The summed E-state index contributed by atoms with van der Waals surface area (Å²) < 4.78 is 0. The van der Waals surface area contributed by atoms with E-state index in [0.717, 1.165) is 36.0 Å². The standard InChI is InChI=1S/C15H20N4/c1-2-7-13(8-3-1)15-14(17-19-18-15)11-16-10-9-12-5-4-6-12/h1-3,7-8,12,16H,4-6,9-11H2,(H,17,18,19). The molecule has 0 saturated heterocycles. The van der Waals surface area contributed by atoms with E-state index in [1.54, 1.807) is 0 Å². The van der Waals surface area contributed by atoms with E-state index in [0.29, 0.717) is 0 Å². The number of nitrogens with zero attached hydrogens (tertiary/aromatic N) is 2. The average molecular weight is 256 g/mol. The predicted octanol–water partition coefficient (Wildman–Crippen LogP) is 2.75. The van der Waals surface area contributed by atoms with Gasteiger partial charge in [-0.15, -0.1) is 0 Å². The fourth-order valence-corrected chi connectivity index (χ4v) is 2.50. The SMILES string of the molecule is c1ccc(-c2n[nH]nc2CNCCC2CCC2)cc1. The van der Waals surface area contributed by atoms with Crippen LogP contribution in [-0.2, 0) is 6.54 Å². The van der Waals surface area contributed by atoms with Gasteiger partial charge in [0.1, 0.15) is 11.4 Å². The number of aromatic amines is 1. The maximum atomic E-state index is 4.25. The molecule has 3 rings (SSSR count). The topological polar surface area (TPSA) is 53.6 Å². The second-order valence-electron chi connectivity index (χ2n) is 5.25. The Kier molecular flexibility index (Phi) is 3.89. The Morgan fingerprint density at radius 3 is 2.74 bits per heavy atom. The zero-order valence-electron chi connectivity index (χ0n) is 11.1. The van der Waals surface area contributed by atoms with Crippen molar-refractivity contribution in [3.05, 3.63) is 36.0 Å². The summed E-state index contributed by atoms with van der Waals surface area (Å²) in [5.41, 5.74) is 3.07.